The summed E-state index contributed by atoms with van der Waals surface area (Å²) in [5, 5.41) is 2.60. The largest absolute Gasteiger partial charge is 0.379 e. The van der Waals surface area contributed by atoms with Gasteiger partial charge in [0.2, 0.25) is 5.91 Å². The standard InChI is InChI=1S/C22H27FN4O3/c23-20-4-1-3-19(15-20)22(29)25-16-21(28)27(17-18-5-7-24-8-6-18)10-2-9-26-11-13-30-14-12-26/h1,3-8,15H,2,9-14,16-17H2,(H,25,29). The molecule has 1 aliphatic rings. The molecule has 1 aliphatic heterocycles. The molecule has 3 rings (SSSR count). The van der Waals surface area contributed by atoms with E-state index in [0.29, 0.717) is 13.1 Å². The fraction of sp³-hybridized carbons (Fsp3) is 0.409. The number of morpholine rings is 1. The molecule has 1 aromatic heterocycles. The molecule has 1 saturated heterocycles. The number of aromatic nitrogens is 1. The first-order valence-electron chi connectivity index (χ1n) is 10.1. The highest BCUT2D eigenvalue weighted by Crippen LogP contribution is 2.07. The van der Waals surface area contributed by atoms with Crippen molar-refractivity contribution < 1.29 is 18.7 Å². The third-order valence-corrected chi connectivity index (χ3v) is 4.97. The van der Waals surface area contributed by atoms with Gasteiger partial charge in [-0.05, 0) is 42.3 Å². The van der Waals surface area contributed by atoms with Gasteiger partial charge in [-0.25, -0.2) is 4.39 Å². The van der Waals surface area contributed by atoms with Crippen LogP contribution < -0.4 is 5.32 Å². The Morgan fingerprint density at radius 1 is 1.17 bits per heavy atom. The van der Waals surface area contributed by atoms with Crippen LogP contribution in [0.3, 0.4) is 0 Å². The first-order valence-corrected chi connectivity index (χ1v) is 10.1. The number of ether oxygens (including phenoxy) is 1. The van der Waals surface area contributed by atoms with Gasteiger partial charge in [0.1, 0.15) is 5.82 Å². The fourth-order valence-corrected chi connectivity index (χ4v) is 3.31. The number of pyridine rings is 1. The molecule has 0 aliphatic carbocycles. The number of hydrogen-bond donors (Lipinski definition) is 1. The molecule has 0 bridgehead atoms. The highest BCUT2D eigenvalue weighted by molar-refractivity contribution is 5.96. The molecule has 0 spiro atoms. The lowest BCUT2D eigenvalue weighted by molar-refractivity contribution is -0.130. The van der Waals surface area contributed by atoms with E-state index in [4.69, 9.17) is 4.74 Å². The quantitative estimate of drug-likeness (QED) is 0.676. The maximum Gasteiger partial charge on any atom is 0.251 e. The van der Waals surface area contributed by atoms with Gasteiger partial charge in [-0.1, -0.05) is 6.07 Å². The van der Waals surface area contributed by atoms with Crippen molar-refractivity contribution in [2.24, 2.45) is 0 Å². The number of nitrogens with zero attached hydrogens (tertiary/aromatic N) is 3. The highest BCUT2D eigenvalue weighted by Gasteiger charge is 2.17. The molecule has 160 valence electrons. The second kappa shape index (κ2) is 11.4. The minimum Gasteiger partial charge on any atom is -0.379 e. The molecule has 0 saturated carbocycles. The van der Waals surface area contributed by atoms with Crippen molar-refractivity contribution in [3.63, 3.8) is 0 Å². The zero-order chi connectivity index (χ0) is 21.2. The fourth-order valence-electron chi connectivity index (χ4n) is 3.31. The maximum absolute atomic E-state index is 13.3. The lowest BCUT2D eigenvalue weighted by Crippen LogP contribution is -2.42. The summed E-state index contributed by atoms with van der Waals surface area (Å²) in [7, 11) is 0. The molecule has 1 N–H and O–H groups in total. The molecule has 0 unspecified atom stereocenters. The van der Waals surface area contributed by atoms with Crippen LogP contribution in [0.4, 0.5) is 4.39 Å². The van der Waals surface area contributed by atoms with Crippen molar-refractivity contribution in [3.05, 3.63) is 65.7 Å². The number of halogens is 1. The predicted molar refractivity (Wildman–Crippen MR) is 110 cm³/mol. The highest BCUT2D eigenvalue weighted by atomic mass is 19.1. The molecular weight excluding hydrogens is 387 g/mol. The third kappa shape index (κ3) is 6.89. The molecule has 2 heterocycles. The van der Waals surface area contributed by atoms with Gasteiger partial charge in [0, 0.05) is 50.7 Å². The minimum atomic E-state index is -0.489. The van der Waals surface area contributed by atoms with Gasteiger partial charge in [0.15, 0.2) is 0 Å². The van der Waals surface area contributed by atoms with E-state index >= 15 is 0 Å². The Labute approximate surface area is 175 Å². The molecule has 0 atom stereocenters. The second-order valence-electron chi connectivity index (χ2n) is 7.17. The van der Waals surface area contributed by atoms with Crippen molar-refractivity contribution in [2.45, 2.75) is 13.0 Å². The molecule has 1 fully saturated rings. The van der Waals surface area contributed by atoms with Gasteiger partial charge in [-0.3, -0.25) is 19.5 Å². The van der Waals surface area contributed by atoms with E-state index in [1.165, 1.54) is 18.2 Å². The zero-order valence-electron chi connectivity index (χ0n) is 16.9. The Kier molecular flexibility index (Phi) is 8.29. The Morgan fingerprint density at radius 3 is 2.67 bits per heavy atom. The van der Waals surface area contributed by atoms with Crippen molar-refractivity contribution >= 4 is 11.8 Å². The predicted octanol–water partition coefficient (Wildman–Crippen LogP) is 1.70. The second-order valence-corrected chi connectivity index (χ2v) is 7.17. The van der Waals surface area contributed by atoms with Gasteiger partial charge < -0.3 is 15.0 Å². The Bertz CT molecular complexity index is 828. The number of benzene rings is 1. The smallest absolute Gasteiger partial charge is 0.251 e. The molecule has 7 nitrogen and oxygen atoms in total. The Morgan fingerprint density at radius 2 is 1.93 bits per heavy atom. The topological polar surface area (TPSA) is 74.8 Å². The van der Waals surface area contributed by atoms with Crippen LogP contribution in [0.5, 0.6) is 0 Å². The number of carbonyl (C=O) groups is 2. The van der Waals surface area contributed by atoms with Crippen LogP contribution >= 0.6 is 0 Å². The summed E-state index contributed by atoms with van der Waals surface area (Å²) in [6.07, 6.45) is 4.21. The van der Waals surface area contributed by atoms with Crippen molar-refractivity contribution in [3.8, 4) is 0 Å². The molecule has 1 aromatic carbocycles. The number of hydrogen-bond acceptors (Lipinski definition) is 5. The molecule has 30 heavy (non-hydrogen) atoms. The Balaban J connectivity index is 1.55. The SMILES string of the molecule is O=C(NCC(=O)N(CCCN1CCOCC1)Cc1ccncc1)c1cccc(F)c1. The van der Waals surface area contributed by atoms with Crippen molar-refractivity contribution in [1.29, 1.82) is 0 Å². The van der Waals surface area contributed by atoms with Crippen LogP contribution in [0.1, 0.15) is 22.3 Å². The van der Waals surface area contributed by atoms with Crippen LogP contribution in [-0.2, 0) is 16.1 Å². The number of rotatable bonds is 9. The molecule has 2 aromatic rings. The number of nitrogens with one attached hydrogen (secondary N) is 1. The lowest BCUT2D eigenvalue weighted by Gasteiger charge is -2.28. The van der Waals surface area contributed by atoms with E-state index in [9.17, 15) is 14.0 Å². The summed E-state index contributed by atoms with van der Waals surface area (Å²) in [6.45, 7) is 5.06. The molecule has 8 heteroatoms. The molecular formula is C22H27FN4O3. The van der Waals surface area contributed by atoms with Gasteiger partial charge in [-0.15, -0.1) is 0 Å². The van der Waals surface area contributed by atoms with Crippen molar-refractivity contribution in [2.75, 3.05) is 45.9 Å². The summed E-state index contributed by atoms with van der Waals surface area (Å²) in [5.74, 6) is -1.14. The van der Waals surface area contributed by atoms with Crippen LogP contribution in [0.15, 0.2) is 48.8 Å². The van der Waals surface area contributed by atoms with Crippen molar-refractivity contribution in [1.82, 2.24) is 20.1 Å². The maximum atomic E-state index is 13.3. The summed E-state index contributed by atoms with van der Waals surface area (Å²) in [5.41, 5.74) is 1.16. The molecule has 0 radical (unpaired) electrons. The third-order valence-electron chi connectivity index (χ3n) is 4.97. The van der Waals surface area contributed by atoms with Gasteiger partial charge in [-0.2, -0.15) is 0 Å². The number of amides is 2. The Hall–Kier alpha value is -2.84. The summed E-state index contributed by atoms with van der Waals surface area (Å²) >= 11 is 0. The van der Waals surface area contributed by atoms with Crippen LogP contribution in [-0.4, -0.2) is 72.5 Å². The minimum absolute atomic E-state index is 0.141. The van der Waals surface area contributed by atoms with E-state index in [2.05, 4.69) is 15.2 Å². The summed E-state index contributed by atoms with van der Waals surface area (Å²) < 4.78 is 18.7. The van der Waals surface area contributed by atoms with E-state index in [1.54, 1.807) is 17.3 Å². The first kappa shape index (κ1) is 21.9. The first-order chi connectivity index (χ1) is 14.6. The average molecular weight is 414 g/mol. The lowest BCUT2D eigenvalue weighted by atomic mass is 10.2. The summed E-state index contributed by atoms with van der Waals surface area (Å²) in [4.78, 5) is 33.1. The zero-order valence-corrected chi connectivity index (χ0v) is 16.9. The monoisotopic (exact) mass is 414 g/mol. The van der Waals surface area contributed by atoms with E-state index in [1.807, 2.05) is 12.1 Å². The van der Waals surface area contributed by atoms with E-state index < -0.39 is 11.7 Å². The van der Waals surface area contributed by atoms with E-state index in [0.717, 1.165) is 50.9 Å². The number of carbonyl (C=O) groups excluding carboxylic acids is 2. The van der Waals surface area contributed by atoms with Crippen LogP contribution in [0, 0.1) is 5.82 Å². The van der Waals surface area contributed by atoms with Gasteiger partial charge in [0.05, 0.1) is 19.8 Å². The van der Waals surface area contributed by atoms with Crippen LogP contribution in [0.25, 0.3) is 0 Å². The molecule has 2 amide bonds. The van der Waals surface area contributed by atoms with Crippen LogP contribution in [0.2, 0.25) is 0 Å². The van der Waals surface area contributed by atoms with Gasteiger partial charge in [0.25, 0.3) is 5.91 Å². The average Bonchev–Trinajstić information content (AvgIpc) is 2.78. The van der Waals surface area contributed by atoms with E-state index in [-0.39, 0.29) is 18.0 Å². The summed E-state index contributed by atoms with van der Waals surface area (Å²) in [6, 6.07) is 9.14. The normalized spacial score (nSPS) is 14.3. The van der Waals surface area contributed by atoms with Gasteiger partial charge >= 0.3 is 0 Å².